The van der Waals surface area contributed by atoms with E-state index in [9.17, 15) is 0 Å². The van der Waals surface area contributed by atoms with Gasteiger partial charge in [0.25, 0.3) is 0 Å². The fourth-order valence-corrected chi connectivity index (χ4v) is 1.77. The Bertz CT molecular complexity index is 177. The lowest BCUT2D eigenvalue weighted by Crippen LogP contribution is -2.47. The maximum atomic E-state index is 2.54. The predicted molar refractivity (Wildman–Crippen MR) is 57.7 cm³/mol. The highest BCUT2D eigenvalue weighted by Gasteiger charge is 2.17. The lowest BCUT2D eigenvalue weighted by Gasteiger charge is -2.38. The first kappa shape index (κ1) is 10.6. The summed E-state index contributed by atoms with van der Waals surface area (Å²) in [7, 11) is 0. The molecule has 76 valence electrons. The van der Waals surface area contributed by atoms with Gasteiger partial charge in [0.2, 0.25) is 0 Å². The average Bonchev–Trinajstić information content (AvgIpc) is 2.17. The summed E-state index contributed by atoms with van der Waals surface area (Å²) < 4.78 is 0. The van der Waals surface area contributed by atoms with Crippen molar-refractivity contribution in [3.05, 3.63) is 11.8 Å². The van der Waals surface area contributed by atoms with Gasteiger partial charge in [-0.2, -0.15) is 0 Å². The Balaban J connectivity index is 2.39. The van der Waals surface area contributed by atoms with Crippen LogP contribution in [0.25, 0.3) is 0 Å². The minimum atomic E-state index is 0.702. The van der Waals surface area contributed by atoms with Crippen molar-refractivity contribution < 1.29 is 0 Å². The van der Waals surface area contributed by atoms with Crippen LogP contribution in [0.5, 0.6) is 0 Å². The minimum Gasteiger partial charge on any atom is -0.373 e. The third-order valence-corrected chi connectivity index (χ3v) is 2.96. The van der Waals surface area contributed by atoms with Crippen molar-refractivity contribution in [3.63, 3.8) is 0 Å². The zero-order chi connectivity index (χ0) is 9.84. The van der Waals surface area contributed by atoms with Crippen molar-refractivity contribution in [2.24, 2.45) is 0 Å². The Labute approximate surface area is 82.2 Å². The summed E-state index contributed by atoms with van der Waals surface area (Å²) in [5.41, 5.74) is 1.42. The van der Waals surface area contributed by atoms with Gasteiger partial charge in [-0.25, -0.2) is 0 Å². The summed E-state index contributed by atoms with van der Waals surface area (Å²) >= 11 is 0. The molecule has 1 saturated heterocycles. The molecule has 0 spiro atoms. The Morgan fingerprint density at radius 3 is 2.08 bits per heavy atom. The molecule has 1 fully saturated rings. The van der Waals surface area contributed by atoms with E-state index in [1.807, 2.05) is 0 Å². The Morgan fingerprint density at radius 1 is 1.15 bits per heavy atom. The van der Waals surface area contributed by atoms with Crippen molar-refractivity contribution in [1.29, 1.82) is 0 Å². The smallest absolute Gasteiger partial charge is 0.0303 e. The number of nitrogens with zero attached hydrogens (tertiary/aromatic N) is 2. The molecule has 2 nitrogen and oxygen atoms in total. The molecular formula is C11H22N2. The van der Waals surface area contributed by atoms with E-state index in [4.69, 9.17) is 0 Å². The molecule has 0 aromatic rings. The number of hydrogen-bond acceptors (Lipinski definition) is 2. The van der Waals surface area contributed by atoms with Gasteiger partial charge in [0.15, 0.2) is 0 Å². The maximum Gasteiger partial charge on any atom is 0.0303 e. The standard InChI is InChI=1S/C11H22N2/c1-5-11(4)13-8-6-12(7-9-13)10(2)3/h5,10H,6-9H2,1-4H3. The molecule has 0 aliphatic carbocycles. The van der Waals surface area contributed by atoms with Gasteiger partial charge in [-0.05, 0) is 27.7 Å². The largest absolute Gasteiger partial charge is 0.373 e. The molecule has 1 heterocycles. The lowest BCUT2D eigenvalue weighted by atomic mass is 10.2. The second kappa shape index (κ2) is 4.66. The predicted octanol–water partition coefficient (Wildman–Crippen LogP) is 1.94. The monoisotopic (exact) mass is 182 g/mol. The highest BCUT2D eigenvalue weighted by atomic mass is 15.3. The molecule has 0 N–H and O–H groups in total. The van der Waals surface area contributed by atoms with Crippen LogP contribution in [0.1, 0.15) is 27.7 Å². The molecule has 13 heavy (non-hydrogen) atoms. The van der Waals surface area contributed by atoms with Crippen LogP contribution in [-0.4, -0.2) is 42.0 Å². The topological polar surface area (TPSA) is 6.48 Å². The summed E-state index contributed by atoms with van der Waals surface area (Å²) in [6.07, 6.45) is 2.20. The van der Waals surface area contributed by atoms with Crippen LogP contribution in [0, 0.1) is 0 Å². The van der Waals surface area contributed by atoms with Crippen molar-refractivity contribution in [1.82, 2.24) is 9.80 Å². The SMILES string of the molecule is CC=C(C)N1CCN(C(C)C)CC1. The number of rotatable bonds is 2. The van der Waals surface area contributed by atoms with Gasteiger partial charge in [-0.15, -0.1) is 0 Å². The fraction of sp³-hybridized carbons (Fsp3) is 0.818. The first-order valence-electron chi connectivity index (χ1n) is 5.27. The van der Waals surface area contributed by atoms with E-state index in [0.29, 0.717) is 6.04 Å². The zero-order valence-corrected chi connectivity index (χ0v) is 9.38. The first-order chi connectivity index (χ1) is 6.15. The normalized spacial score (nSPS) is 21.3. The quantitative estimate of drug-likeness (QED) is 0.644. The minimum absolute atomic E-state index is 0.702. The van der Waals surface area contributed by atoms with Crippen LogP contribution < -0.4 is 0 Å². The maximum absolute atomic E-state index is 2.54. The van der Waals surface area contributed by atoms with E-state index in [2.05, 4.69) is 43.6 Å². The summed E-state index contributed by atoms with van der Waals surface area (Å²) in [5.74, 6) is 0. The van der Waals surface area contributed by atoms with Crippen molar-refractivity contribution in [2.45, 2.75) is 33.7 Å². The van der Waals surface area contributed by atoms with Crippen molar-refractivity contribution in [3.8, 4) is 0 Å². The summed E-state index contributed by atoms with van der Waals surface area (Å²) in [5, 5.41) is 0. The average molecular weight is 182 g/mol. The highest BCUT2D eigenvalue weighted by Crippen LogP contribution is 2.10. The molecule has 1 aliphatic rings. The summed E-state index contributed by atoms with van der Waals surface area (Å²) in [4.78, 5) is 5.01. The molecule has 0 atom stereocenters. The Kier molecular flexibility index (Phi) is 3.79. The molecule has 0 saturated carbocycles. The summed E-state index contributed by atoms with van der Waals surface area (Å²) in [6.45, 7) is 13.7. The van der Waals surface area contributed by atoms with Gasteiger partial charge in [0.05, 0.1) is 0 Å². The lowest BCUT2D eigenvalue weighted by molar-refractivity contribution is 0.130. The van der Waals surface area contributed by atoms with Crippen LogP contribution in [-0.2, 0) is 0 Å². The molecule has 0 amide bonds. The number of piperazine rings is 1. The van der Waals surface area contributed by atoms with Gasteiger partial charge in [-0.3, -0.25) is 4.90 Å². The van der Waals surface area contributed by atoms with Crippen molar-refractivity contribution in [2.75, 3.05) is 26.2 Å². The van der Waals surface area contributed by atoms with Crippen LogP contribution in [0.3, 0.4) is 0 Å². The molecule has 0 unspecified atom stereocenters. The molecule has 0 aromatic heterocycles. The molecule has 2 heteroatoms. The second-order valence-corrected chi connectivity index (χ2v) is 4.05. The van der Waals surface area contributed by atoms with E-state index < -0.39 is 0 Å². The van der Waals surface area contributed by atoms with Gasteiger partial charge in [0, 0.05) is 37.9 Å². The first-order valence-corrected chi connectivity index (χ1v) is 5.27. The van der Waals surface area contributed by atoms with Crippen LogP contribution in [0.15, 0.2) is 11.8 Å². The Hall–Kier alpha value is -0.500. The van der Waals surface area contributed by atoms with Gasteiger partial charge >= 0.3 is 0 Å². The van der Waals surface area contributed by atoms with Crippen molar-refractivity contribution >= 4 is 0 Å². The van der Waals surface area contributed by atoms with Crippen LogP contribution >= 0.6 is 0 Å². The molecule has 1 aliphatic heterocycles. The van der Waals surface area contributed by atoms with Crippen LogP contribution in [0.4, 0.5) is 0 Å². The second-order valence-electron chi connectivity index (χ2n) is 4.05. The van der Waals surface area contributed by atoms with Gasteiger partial charge in [-0.1, -0.05) is 6.08 Å². The highest BCUT2D eigenvalue weighted by molar-refractivity contribution is 4.97. The molecular weight excluding hydrogens is 160 g/mol. The van der Waals surface area contributed by atoms with Crippen LogP contribution in [0.2, 0.25) is 0 Å². The van der Waals surface area contributed by atoms with Gasteiger partial charge < -0.3 is 4.90 Å². The fourth-order valence-electron chi connectivity index (χ4n) is 1.77. The molecule has 0 radical (unpaired) electrons. The van der Waals surface area contributed by atoms with E-state index in [1.165, 1.54) is 31.9 Å². The molecule has 0 aromatic carbocycles. The zero-order valence-electron chi connectivity index (χ0n) is 9.38. The molecule has 0 bridgehead atoms. The number of hydrogen-bond donors (Lipinski definition) is 0. The van der Waals surface area contributed by atoms with Gasteiger partial charge in [0.1, 0.15) is 0 Å². The van der Waals surface area contributed by atoms with E-state index in [0.717, 1.165) is 0 Å². The Morgan fingerprint density at radius 2 is 1.69 bits per heavy atom. The van der Waals surface area contributed by atoms with E-state index >= 15 is 0 Å². The van der Waals surface area contributed by atoms with E-state index in [-0.39, 0.29) is 0 Å². The molecule has 1 rings (SSSR count). The number of allylic oxidation sites excluding steroid dienone is 2. The summed E-state index contributed by atoms with van der Waals surface area (Å²) in [6, 6.07) is 0.702. The van der Waals surface area contributed by atoms with E-state index in [1.54, 1.807) is 0 Å². The third kappa shape index (κ3) is 2.73. The third-order valence-electron chi connectivity index (χ3n) is 2.96.